The number of rotatable bonds is 4. The Labute approximate surface area is 119 Å². The molecule has 0 bridgehead atoms. The van der Waals surface area contributed by atoms with Crippen molar-refractivity contribution in [2.75, 3.05) is 6.54 Å². The van der Waals surface area contributed by atoms with Crippen LogP contribution in [0.4, 0.5) is 0 Å². The highest BCUT2D eigenvalue weighted by atomic mass is 35.5. The van der Waals surface area contributed by atoms with Crippen LogP contribution in [0.15, 0.2) is 36.5 Å². The summed E-state index contributed by atoms with van der Waals surface area (Å²) in [5.74, 6) is 0. The molecule has 0 amide bonds. The topological polar surface area (TPSA) is 24.9 Å². The first-order chi connectivity index (χ1) is 9.15. The lowest BCUT2D eigenvalue weighted by Crippen LogP contribution is -2.24. The number of halogens is 1. The van der Waals surface area contributed by atoms with Gasteiger partial charge >= 0.3 is 0 Å². The molecule has 100 valence electrons. The normalized spacial score (nSPS) is 12.4. The zero-order valence-electron chi connectivity index (χ0n) is 11.6. The third kappa shape index (κ3) is 2.96. The summed E-state index contributed by atoms with van der Waals surface area (Å²) in [6.07, 6.45) is 1.79. The van der Waals surface area contributed by atoms with Crippen LogP contribution in [0.2, 0.25) is 5.02 Å². The van der Waals surface area contributed by atoms with Gasteiger partial charge in [-0.3, -0.25) is 4.98 Å². The predicted molar refractivity (Wildman–Crippen MR) is 80.7 cm³/mol. The van der Waals surface area contributed by atoms with Gasteiger partial charge in [0.05, 0.1) is 16.8 Å². The van der Waals surface area contributed by atoms with E-state index in [4.69, 9.17) is 11.6 Å². The van der Waals surface area contributed by atoms with Crippen LogP contribution < -0.4 is 5.32 Å². The largest absolute Gasteiger partial charge is 0.305 e. The highest BCUT2D eigenvalue weighted by Gasteiger charge is 2.19. The fraction of sp³-hybridized carbons (Fsp3) is 0.312. The lowest BCUT2D eigenvalue weighted by molar-refractivity contribution is 0.612. The molecule has 1 heterocycles. The molecular formula is C16H19ClN2. The average molecular weight is 275 g/mol. The third-order valence-corrected chi connectivity index (χ3v) is 3.75. The number of hydrogen-bond acceptors (Lipinski definition) is 2. The van der Waals surface area contributed by atoms with Crippen molar-refractivity contribution < 1.29 is 0 Å². The molecule has 2 nitrogen and oxygen atoms in total. The van der Waals surface area contributed by atoms with Crippen molar-refractivity contribution >= 4 is 11.6 Å². The molecule has 1 aromatic heterocycles. The van der Waals surface area contributed by atoms with Crippen LogP contribution in [0.1, 0.15) is 35.3 Å². The number of aromatic nitrogens is 1. The Morgan fingerprint density at radius 1 is 1.21 bits per heavy atom. The van der Waals surface area contributed by atoms with Crippen LogP contribution in [0, 0.1) is 13.8 Å². The van der Waals surface area contributed by atoms with Crippen molar-refractivity contribution in [1.82, 2.24) is 10.3 Å². The van der Waals surface area contributed by atoms with Crippen molar-refractivity contribution in [1.29, 1.82) is 0 Å². The number of nitrogens with one attached hydrogen (secondary N) is 1. The predicted octanol–water partition coefficient (Wildman–Crippen LogP) is 4.05. The molecule has 1 aromatic carbocycles. The summed E-state index contributed by atoms with van der Waals surface area (Å²) in [6, 6.07) is 10.1. The van der Waals surface area contributed by atoms with Crippen LogP contribution in [0.5, 0.6) is 0 Å². The minimum absolute atomic E-state index is 0.0404. The lowest BCUT2D eigenvalue weighted by atomic mass is 9.95. The van der Waals surface area contributed by atoms with Gasteiger partial charge in [0.1, 0.15) is 0 Å². The zero-order chi connectivity index (χ0) is 13.8. The molecule has 0 aliphatic rings. The summed E-state index contributed by atoms with van der Waals surface area (Å²) in [7, 11) is 0. The van der Waals surface area contributed by atoms with Gasteiger partial charge in [0.15, 0.2) is 0 Å². The minimum atomic E-state index is 0.0404. The van der Waals surface area contributed by atoms with E-state index in [1.54, 1.807) is 6.20 Å². The van der Waals surface area contributed by atoms with E-state index < -0.39 is 0 Å². The van der Waals surface area contributed by atoms with Gasteiger partial charge in [-0.25, -0.2) is 0 Å². The molecule has 0 saturated heterocycles. The van der Waals surface area contributed by atoms with E-state index in [9.17, 15) is 0 Å². The average Bonchev–Trinajstić information content (AvgIpc) is 2.41. The Morgan fingerprint density at radius 3 is 2.68 bits per heavy atom. The number of pyridine rings is 1. The molecule has 1 unspecified atom stereocenters. The van der Waals surface area contributed by atoms with Gasteiger partial charge in [-0.2, -0.15) is 0 Å². The molecule has 19 heavy (non-hydrogen) atoms. The molecule has 3 heteroatoms. The molecule has 1 N–H and O–H groups in total. The Bertz CT molecular complexity index is 566. The molecule has 0 radical (unpaired) electrons. The van der Waals surface area contributed by atoms with Crippen molar-refractivity contribution in [2.24, 2.45) is 0 Å². The fourth-order valence-corrected chi connectivity index (χ4v) is 2.49. The minimum Gasteiger partial charge on any atom is -0.305 e. The van der Waals surface area contributed by atoms with Gasteiger partial charge in [-0.05, 0) is 49.2 Å². The van der Waals surface area contributed by atoms with Crippen LogP contribution in [0.25, 0.3) is 0 Å². The Balaban J connectivity index is 2.52. The summed E-state index contributed by atoms with van der Waals surface area (Å²) in [5.41, 5.74) is 4.70. The maximum Gasteiger partial charge on any atom is 0.0804 e. The van der Waals surface area contributed by atoms with E-state index in [-0.39, 0.29) is 6.04 Å². The second-order valence-electron chi connectivity index (χ2n) is 4.65. The fourth-order valence-electron chi connectivity index (χ4n) is 2.25. The number of aryl methyl sites for hydroxylation is 1. The SMILES string of the molecule is CCNC(c1cccc(C)c1C)c1ncccc1Cl. The molecule has 0 saturated carbocycles. The number of hydrogen-bond donors (Lipinski definition) is 1. The quantitative estimate of drug-likeness (QED) is 0.910. The standard InChI is InChI=1S/C16H19ClN2/c1-4-18-15(16-14(17)9-6-10-19-16)13-8-5-7-11(2)12(13)3/h5-10,15,18H,4H2,1-3H3. The maximum absolute atomic E-state index is 6.29. The van der Waals surface area contributed by atoms with Crippen LogP contribution >= 0.6 is 11.6 Å². The van der Waals surface area contributed by atoms with E-state index in [1.165, 1.54) is 16.7 Å². The van der Waals surface area contributed by atoms with E-state index in [2.05, 4.69) is 49.3 Å². The number of benzene rings is 1. The summed E-state index contributed by atoms with van der Waals surface area (Å²) in [6.45, 7) is 7.23. The lowest BCUT2D eigenvalue weighted by Gasteiger charge is -2.21. The Morgan fingerprint density at radius 2 is 2.00 bits per heavy atom. The molecule has 1 atom stereocenters. The van der Waals surface area contributed by atoms with Crippen LogP contribution in [-0.2, 0) is 0 Å². The van der Waals surface area contributed by atoms with E-state index in [1.807, 2.05) is 12.1 Å². The first-order valence-electron chi connectivity index (χ1n) is 6.55. The van der Waals surface area contributed by atoms with Crippen molar-refractivity contribution in [2.45, 2.75) is 26.8 Å². The van der Waals surface area contributed by atoms with Gasteiger partial charge in [0.25, 0.3) is 0 Å². The van der Waals surface area contributed by atoms with E-state index in [0.717, 1.165) is 12.2 Å². The Hall–Kier alpha value is -1.38. The zero-order valence-corrected chi connectivity index (χ0v) is 12.3. The van der Waals surface area contributed by atoms with Crippen molar-refractivity contribution in [3.63, 3.8) is 0 Å². The summed E-state index contributed by atoms with van der Waals surface area (Å²) < 4.78 is 0. The highest BCUT2D eigenvalue weighted by molar-refractivity contribution is 6.31. The summed E-state index contributed by atoms with van der Waals surface area (Å²) >= 11 is 6.29. The van der Waals surface area contributed by atoms with Gasteiger partial charge in [0.2, 0.25) is 0 Å². The van der Waals surface area contributed by atoms with Gasteiger partial charge in [-0.15, -0.1) is 0 Å². The molecular weight excluding hydrogens is 256 g/mol. The summed E-state index contributed by atoms with van der Waals surface area (Å²) in [5, 5.41) is 4.18. The smallest absolute Gasteiger partial charge is 0.0804 e. The maximum atomic E-state index is 6.29. The number of nitrogens with zero attached hydrogens (tertiary/aromatic N) is 1. The molecule has 0 fully saturated rings. The van der Waals surface area contributed by atoms with E-state index >= 15 is 0 Å². The van der Waals surface area contributed by atoms with Crippen molar-refractivity contribution in [3.8, 4) is 0 Å². The van der Waals surface area contributed by atoms with Gasteiger partial charge < -0.3 is 5.32 Å². The Kier molecular flexibility index (Phi) is 4.56. The van der Waals surface area contributed by atoms with Gasteiger partial charge in [-0.1, -0.05) is 36.7 Å². The second-order valence-corrected chi connectivity index (χ2v) is 5.06. The second kappa shape index (κ2) is 6.18. The van der Waals surface area contributed by atoms with Crippen LogP contribution in [0.3, 0.4) is 0 Å². The van der Waals surface area contributed by atoms with Crippen LogP contribution in [-0.4, -0.2) is 11.5 Å². The van der Waals surface area contributed by atoms with Crippen molar-refractivity contribution in [3.05, 3.63) is 63.9 Å². The van der Waals surface area contributed by atoms with Gasteiger partial charge in [0, 0.05) is 6.20 Å². The molecule has 2 aromatic rings. The first kappa shape index (κ1) is 14.0. The van der Waals surface area contributed by atoms with E-state index in [0.29, 0.717) is 5.02 Å². The highest BCUT2D eigenvalue weighted by Crippen LogP contribution is 2.29. The molecule has 0 spiro atoms. The molecule has 0 aliphatic carbocycles. The molecule has 0 aliphatic heterocycles. The monoisotopic (exact) mass is 274 g/mol. The molecule has 2 rings (SSSR count). The first-order valence-corrected chi connectivity index (χ1v) is 6.92. The third-order valence-electron chi connectivity index (χ3n) is 3.43. The summed E-state index contributed by atoms with van der Waals surface area (Å²) in [4.78, 5) is 4.45.